The van der Waals surface area contributed by atoms with E-state index in [1.54, 1.807) is 5.56 Å². The lowest BCUT2D eigenvalue weighted by Crippen LogP contribution is -2.48. The molecule has 1 unspecified atom stereocenters. The van der Waals surface area contributed by atoms with E-state index in [4.69, 9.17) is 0 Å². The van der Waals surface area contributed by atoms with Gasteiger partial charge in [0.2, 0.25) is 0 Å². The molecule has 4 bridgehead atoms. The molecule has 1 atom stereocenters. The minimum absolute atomic E-state index is 0.419. The van der Waals surface area contributed by atoms with Crippen LogP contribution in [0.1, 0.15) is 30.0 Å². The molecule has 1 aliphatic heterocycles. The number of hydrogen-bond acceptors (Lipinski definition) is 1. The predicted molar refractivity (Wildman–Crippen MR) is 49.2 cm³/mol. The topological polar surface area (TPSA) is 12.0 Å². The van der Waals surface area contributed by atoms with Crippen molar-refractivity contribution in [1.29, 1.82) is 0 Å². The first kappa shape index (κ1) is 6.67. The van der Waals surface area contributed by atoms with Gasteiger partial charge in [-0.15, -0.1) is 0 Å². The van der Waals surface area contributed by atoms with E-state index in [0.717, 1.165) is 13.1 Å². The highest BCUT2D eigenvalue weighted by molar-refractivity contribution is 5.56. The molecule has 12 heavy (non-hydrogen) atoms. The standard InChI is InChI=1S/C11H13N/c1-2-11-7-12-6-8-3-4-9(11)5-10(8)11/h3-5,12H,2,6-7H2,1H3. The SMILES string of the molecule is CCC12CNCc3ccc1cc32. The zero-order valence-electron chi connectivity index (χ0n) is 7.35. The summed E-state index contributed by atoms with van der Waals surface area (Å²) < 4.78 is 0. The summed E-state index contributed by atoms with van der Waals surface area (Å²) in [4.78, 5) is 0. The summed E-state index contributed by atoms with van der Waals surface area (Å²) in [5.74, 6) is 0. The Morgan fingerprint density at radius 1 is 1.50 bits per heavy atom. The Morgan fingerprint density at radius 2 is 2.42 bits per heavy atom. The van der Waals surface area contributed by atoms with Crippen LogP contribution >= 0.6 is 0 Å². The van der Waals surface area contributed by atoms with Gasteiger partial charge in [0, 0.05) is 18.5 Å². The summed E-state index contributed by atoms with van der Waals surface area (Å²) in [7, 11) is 0. The maximum absolute atomic E-state index is 3.49. The molecule has 0 aromatic heterocycles. The highest BCUT2D eigenvalue weighted by Gasteiger charge is 2.43. The van der Waals surface area contributed by atoms with Crippen LogP contribution in [0.2, 0.25) is 0 Å². The Morgan fingerprint density at radius 3 is 3.08 bits per heavy atom. The van der Waals surface area contributed by atoms with Gasteiger partial charge < -0.3 is 5.32 Å². The minimum atomic E-state index is 0.419. The van der Waals surface area contributed by atoms with Crippen LogP contribution < -0.4 is 5.32 Å². The van der Waals surface area contributed by atoms with E-state index in [1.165, 1.54) is 17.5 Å². The van der Waals surface area contributed by atoms with E-state index in [0.29, 0.717) is 5.41 Å². The second-order valence-electron chi connectivity index (χ2n) is 3.91. The smallest absolute Gasteiger partial charge is 0.0328 e. The van der Waals surface area contributed by atoms with Crippen molar-refractivity contribution in [3.63, 3.8) is 0 Å². The van der Waals surface area contributed by atoms with Gasteiger partial charge in [0.25, 0.3) is 0 Å². The maximum Gasteiger partial charge on any atom is 0.0328 e. The van der Waals surface area contributed by atoms with Crippen molar-refractivity contribution in [2.45, 2.75) is 25.3 Å². The molecule has 4 rings (SSSR count). The van der Waals surface area contributed by atoms with Gasteiger partial charge in [0.05, 0.1) is 0 Å². The van der Waals surface area contributed by atoms with Crippen LogP contribution in [0.5, 0.6) is 0 Å². The van der Waals surface area contributed by atoms with Gasteiger partial charge in [-0.05, 0) is 23.1 Å². The van der Waals surface area contributed by atoms with Gasteiger partial charge in [-0.3, -0.25) is 0 Å². The molecule has 3 aliphatic rings. The van der Waals surface area contributed by atoms with Crippen LogP contribution in [-0.2, 0) is 12.0 Å². The van der Waals surface area contributed by atoms with Crippen molar-refractivity contribution >= 4 is 0 Å². The molecule has 0 fully saturated rings. The Bertz CT molecular complexity index is 339. The zero-order valence-corrected chi connectivity index (χ0v) is 7.35. The predicted octanol–water partition coefficient (Wildman–Crippen LogP) is 1.80. The van der Waals surface area contributed by atoms with Gasteiger partial charge in [-0.25, -0.2) is 0 Å². The normalized spacial score (nSPS) is 29.8. The summed E-state index contributed by atoms with van der Waals surface area (Å²) in [6.07, 6.45) is 1.25. The van der Waals surface area contributed by atoms with Crippen LogP contribution in [0, 0.1) is 0 Å². The molecule has 2 aliphatic carbocycles. The fraction of sp³-hybridized carbons (Fsp3) is 0.455. The quantitative estimate of drug-likeness (QED) is 0.659. The van der Waals surface area contributed by atoms with Crippen LogP contribution in [0.3, 0.4) is 0 Å². The summed E-state index contributed by atoms with van der Waals surface area (Å²) in [6.45, 7) is 4.51. The number of fused-ring (bicyclic) bond motifs is 1. The van der Waals surface area contributed by atoms with Gasteiger partial charge >= 0.3 is 0 Å². The summed E-state index contributed by atoms with van der Waals surface area (Å²) in [5, 5.41) is 3.49. The molecule has 0 saturated carbocycles. The molecule has 1 nitrogen and oxygen atoms in total. The monoisotopic (exact) mass is 159 g/mol. The van der Waals surface area contributed by atoms with E-state index in [2.05, 4.69) is 30.4 Å². The van der Waals surface area contributed by atoms with Crippen molar-refractivity contribution in [1.82, 2.24) is 5.32 Å². The molecule has 1 heterocycles. The molecule has 1 aromatic carbocycles. The van der Waals surface area contributed by atoms with Gasteiger partial charge in [0.1, 0.15) is 0 Å². The first-order valence-electron chi connectivity index (χ1n) is 4.71. The highest BCUT2D eigenvalue weighted by atomic mass is 14.9. The molecule has 0 spiro atoms. The lowest BCUT2D eigenvalue weighted by atomic mass is 9.61. The fourth-order valence-electron chi connectivity index (χ4n) is 2.68. The Labute approximate surface area is 72.8 Å². The van der Waals surface area contributed by atoms with Crippen molar-refractivity contribution < 1.29 is 0 Å². The lowest BCUT2D eigenvalue weighted by Gasteiger charge is -2.47. The maximum atomic E-state index is 3.49. The zero-order chi connectivity index (χ0) is 8.18. The molecule has 0 saturated heterocycles. The van der Waals surface area contributed by atoms with Crippen LogP contribution in [0.25, 0.3) is 0 Å². The number of rotatable bonds is 1. The molecule has 1 N–H and O–H groups in total. The van der Waals surface area contributed by atoms with E-state index >= 15 is 0 Å². The summed E-state index contributed by atoms with van der Waals surface area (Å²) in [5.41, 5.74) is 5.08. The van der Waals surface area contributed by atoms with Crippen LogP contribution in [0.4, 0.5) is 0 Å². The van der Waals surface area contributed by atoms with E-state index in [1.807, 2.05) is 0 Å². The summed E-state index contributed by atoms with van der Waals surface area (Å²) in [6, 6.07) is 6.93. The van der Waals surface area contributed by atoms with Gasteiger partial charge in [-0.1, -0.05) is 25.1 Å². The van der Waals surface area contributed by atoms with E-state index in [9.17, 15) is 0 Å². The second-order valence-corrected chi connectivity index (χ2v) is 3.91. The highest BCUT2D eigenvalue weighted by Crippen LogP contribution is 2.47. The van der Waals surface area contributed by atoms with Crippen molar-refractivity contribution in [3.8, 4) is 0 Å². The molecule has 0 amide bonds. The fourth-order valence-corrected chi connectivity index (χ4v) is 2.68. The van der Waals surface area contributed by atoms with Gasteiger partial charge in [-0.2, -0.15) is 0 Å². The molecule has 62 valence electrons. The number of nitrogens with one attached hydrogen (secondary N) is 1. The molecule has 1 heteroatoms. The van der Waals surface area contributed by atoms with Crippen molar-refractivity contribution in [3.05, 3.63) is 34.9 Å². The van der Waals surface area contributed by atoms with E-state index < -0.39 is 0 Å². The third-order valence-corrected chi connectivity index (χ3v) is 3.52. The average Bonchev–Trinajstić information content (AvgIpc) is 2.11. The van der Waals surface area contributed by atoms with Crippen LogP contribution in [-0.4, -0.2) is 6.54 Å². The number of benzene rings is 1. The third kappa shape index (κ3) is 0.526. The average molecular weight is 159 g/mol. The van der Waals surface area contributed by atoms with Gasteiger partial charge in [0.15, 0.2) is 0 Å². The second kappa shape index (κ2) is 1.91. The Hall–Kier alpha value is -0.820. The Balaban J connectivity index is 2.24. The first-order valence-corrected chi connectivity index (χ1v) is 4.71. The van der Waals surface area contributed by atoms with Crippen LogP contribution in [0.15, 0.2) is 18.2 Å². The molecule has 0 radical (unpaired) electrons. The molecular formula is C11H13N. The molecule has 1 aromatic rings. The third-order valence-electron chi connectivity index (χ3n) is 3.52. The summed E-state index contributed by atoms with van der Waals surface area (Å²) >= 11 is 0. The lowest BCUT2D eigenvalue weighted by molar-refractivity contribution is 0.390. The van der Waals surface area contributed by atoms with Crippen molar-refractivity contribution in [2.24, 2.45) is 0 Å². The van der Waals surface area contributed by atoms with Crippen molar-refractivity contribution in [2.75, 3.05) is 6.54 Å². The Kier molecular flexibility index (Phi) is 1.06. The molecular weight excluding hydrogens is 146 g/mol. The first-order chi connectivity index (χ1) is 5.87. The minimum Gasteiger partial charge on any atom is -0.311 e. The largest absolute Gasteiger partial charge is 0.311 e. The van der Waals surface area contributed by atoms with E-state index in [-0.39, 0.29) is 0 Å². The number of hydrogen-bond donors (Lipinski definition) is 1.